The molecule has 0 radical (unpaired) electrons. The van der Waals surface area contributed by atoms with Crippen molar-refractivity contribution in [3.05, 3.63) is 0 Å². The number of nitrogens with zero attached hydrogens (tertiary/aromatic N) is 4. The van der Waals surface area contributed by atoms with Gasteiger partial charge >= 0.3 is 0 Å². The van der Waals surface area contributed by atoms with E-state index in [-0.39, 0.29) is 37.0 Å². The van der Waals surface area contributed by atoms with Gasteiger partial charge in [0, 0.05) is 78.9 Å². The van der Waals surface area contributed by atoms with E-state index in [9.17, 15) is 0 Å². The van der Waals surface area contributed by atoms with Crippen LogP contribution in [-0.4, -0.2) is 155 Å². The van der Waals surface area contributed by atoms with Crippen LogP contribution in [0, 0.1) is 35.5 Å². The van der Waals surface area contributed by atoms with Crippen molar-refractivity contribution in [3.8, 4) is 0 Å². The lowest BCUT2D eigenvalue weighted by Gasteiger charge is -2.50. The third kappa shape index (κ3) is 10.1. The summed E-state index contributed by atoms with van der Waals surface area (Å²) in [6.07, 6.45) is 54.1. The average Bonchev–Trinajstić information content (AvgIpc) is 4.32. The number of fused-ring (bicyclic) bond motifs is 8. The summed E-state index contributed by atoms with van der Waals surface area (Å²) in [6, 6.07) is 10.00. The zero-order valence-corrected chi connectivity index (χ0v) is 48.0. The average molecular weight is 1050 g/mol. The summed E-state index contributed by atoms with van der Waals surface area (Å²) in [7, 11) is 0. The minimum absolute atomic E-state index is 0.180. The smallest absolute Gasteiger partial charge is 0.112 e. The quantitative estimate of drug-likeness (QED) is 0.145. The molecular weight excluding hydrogens is 939 g/mol. The van der Waals surface area contributed by atoms with Gasteiger partial charge in [-0.05, 0) is 216 Å². The molecule has 5 N–H and O–H groups in total. The van der Waals surface area contributed by atoms with Gasteiger partial charge in [-0.25, -0.2) is 0 Å². The Morgan fingerprint density at radius 1 is 0.316 bits per heavy atom. The van der Waals surface area contributed by atoms with Crippen molar-refractivity contribution in [1.29, 1.82) is 0 Å². The van der Waals surface area contributed by atoms with Crippen molar-refractivity contribution >= 4 is 0 Å². The van der Waals surface area contributed by atoms with Crippen LogP contribution in [0.1, 0.15) is 238 Å². The van der Waals surface area contributed by atoms with Crippen LogP contribution in [0.2, 0.25) is 0 Å². The summed E-state index contributed by atoms with van der Waals surface area (Å²) < 4.78 is 14.2. The molecule has 8 aliphatic carbocycles. The zero-order chi connectivity index (χ0) is 50.1. The van der Waals surface area contributed by atoms with E-state index in [4.69, 9.17) is 9.47 Å². The number of nitrogens with one attached hydrogen (secondary N) is 5. The molecule has 0 bridgehead atoms. The molecule has 0 aromatic carbocycles. The predicted molar refractivity (Wildman–Crippen MR) is 305 cm³/mol. The Kier molecular flexibility index (Phi) is 16.1. The Balaban J connectivity index is 0.533. The molecule has 7 saturated heterocycles. The van der Waals surface area contributed by atoms with E-state index in [1.807, 2.05) is 0 Å². The second kappa shape index (κ2) is 23.3. The van der Waals surface area contributed by atoms with Crippen LogP contribution in [0.3, 0.4) is 0 Å². The van der Waals surface area contributed by atoms with E-state index in [0.29, 0.717) is 11.8 Å². The first-order chi connectivity index (χ1) is 37.7. The molecule has 0 amide bonds. The standard InChI is InChI=1S/C65H111N9O2/c1-5-13-44(14-6-1)71(45-15-7-2-8-16-45)50-29-31-56-52(37-50)54-40-66-35-33-58(54)73(56)48-25-21-42(22-26-48)64-69-62-60(75-64)39-61-63(68-62)70-65(76-61)43-23-27-49(28-24-43)74-57-32-30-51(38-53(57)55-41-67-36-34-59(55)74)72(46-17-9-3-10-18-46)47-19-11-4-12-20-47/h42-70H,1-41H2. The molecule has 15 fully saturated rings. The van der Waals surface area contributed by atoms with Gasteiger partial charge in [0.05, 0.1) is 24.5 Å². The number of hydrogen-bond acceptors (Lipinski definition) is 11. The van der Waals surface area contributed by atoms with E-state index in [2.05, 4.69) is 46.2 Å². The first kappa shape index (κ1) is 52.4. The monoisotopic (exact) mass is 1050 g/mol. The Morgan fingerprint density at radius 3 is 1.07 bits per heavy atom. The molecule has 15 rings (SSSR count). The fourth-order valence-electron chi connectivity index (χ4n) is 23.0. The Morgan fingerprint density at radius 2 is 0.684 bits per heavy atom. The summed E-state index contributed by atoms with van der Waals surface area (Å²) in [6.45, 7) is 4.99. The van der Waals surface area contributed by atoms with E-state index >= 15 is 0 Å². The molecule has 0 aromatic rings. The molecule has 8 saturated carbocycles. The molecule has 15 aliphatic rings. The van der Waals surface area contributed by atoms with Crippen molar-refractivity contribution in [2.24, 2.45) is 35.5 Å². The third-order valence-corrected chi connectivity index (χ3v) is 26.2. The van der Waals surface area contributed by atoms with Crippen LogP contribution in [-0.2, 0) is 9.47 Å². The number of rotatable bonds is 10. The summed E-state index contributed by atoms with van der Waals surface area (Å²) in [5, 5.41) is 20.1. The molecule has 0 spiro atoms. The van der Waals surface area contributed by atoms with Crippen molar-refractivity contribution in [3.63, 3.8) is 0 Å². The Labute approximate surface area is 462 Å². The van der Waals surface area contributed by atoms with Gasteiger partial charge < -0.3 is 20.1 Å². The highest BCUT2D eigenvalue weighted by Crippen LogP contribution is 2.53. The van der Waals surface area contributed by atoms with Crippen LogP contribution in [0.4, 0.5) is 0 Å². The van der Waals surface area contributed by atoms with Gasteiger partial charge in [0.25, 0.3) is 0 Å². The van der Waals surface area contributed by atoms with Crippen LogP contribution in [0.25, 0.3) is 0 Å². The SMILES string of the molecule is C1CCC(N(C2CCCCC2)C2CCC3C(C2)C2CNCCC2N3C2CCC(C3NC4NC5NC(C6CCC(N7C8CCNCC8C8CC(N(C9CCCCC9)C9CCCCC9)CCC87)CC6)OC5CC4O3)CC2)CC1. The molecule has 7 aliphatic heterocycles. The van der Waals surface area contributed by atoms with E-state index in [0.717, 1.165) is 103 Å². The molecule has 16 atom stereocenters. The van der Waals surface area contributed by atoms with Gasteiger partial charge in [-0.1, -0.05) is 77.0 Å². The summed E-state index contributed by atoms with van der Waals surface area (Å²) in [4.78, 5) is 12.9. The van der Waals surface area contributed by atoms with Gasteiger partial charge in [0.2, 0.25) is 0 Å². The van der Waals surface area contributed by atoms with Gasteiger partial charge in [0.15, 0.2) is 0 Å². The number of ether oxygens (including phenoxy) is 2. The summed E-state index contributed by atoms with van der Waals surface area (Å²) in [5.74, 6) is 4.76. The third-order valence-electron chi connectivity index (χ3n) is 26.2. The van der Waals surface area contributed by atoms with Crippen molar-refractivity contribution in [2.75, 3.05) is 26.2 Å². The van der Waals surface area contributed by atoms with Crippen LogP contribution < -0.4 is 26.6 Å². The minimum atomic E-state index is 0.180. The van der Waals surface area contributed by atoms with Gasteiger partial charge in [-0.15, -0.1) is 0 Å². The maximum Gasteiger partial charge on any atom is 0.112 e. The van der Waals surface area contributed by atoms with Crippen LogP contribution >= 0.6 is 0 Å². The van der Waals surface area contributed by atoms with Crippen molar-refractivity contribution in [2.45, 2.75) is 347 Å². The first-order valence-electron chi connectivity index (χ1n) is 34.8. The lowest BCUT2D eigenvalue weighted by Crippen LogP contribution is -2.61. The minimum Gasteiger partial charge on any atom is -0.357 e. The first-order valence-corrected chi connectivity index (χ1v) is 34.8. The molecule has 0 aromatic heterocycles. The van der Waals surface area contributed by atoms with Gasteiger partial charge in [-0.3, -0.25) is 35.6 Å². The normalized spacial score (nSPS) is 48.6. The molecular formula is C65H111N9O2. The number of likely N-dealkylation sites (tertiary alicyclic amines) is 2. The Hall–Kier alpha value is -0.440. The van der Waals surface area contributed by atoms with E-state index in [1.165, 1.54) is 257 Å². The maximum absolute atomic E-state index is 7.08. The lowest BCUT2D eigenvalue weighted by molar-refractivity contribution is -0.0708. The summed E-state index contributed by atoms with van der Waals surface area (Å²) in [5.41, 5.74) is 0. The molecule has 11 heteroatoms. The molecule has 11 nitrogen and oxygen atoms in total. The predicted octanol–water partition coefficient (Wildman–Crippen LogP) is 9.98. The highest BCUT2D eigenvalue weighted by molar-refractivity contribution is 5.12. The second-order valence-corrected chi connectivity index (χ2v) is 29.8. The highest BCUT2D eigenvalue weighted by Gasteiger charge is 2.58. The molecule has 76 heavy (non-hydrogen) atoms. The Bertz CT molecular complexity index is 1680. The lowest BCUT2D eigenvalue weighted by atomic mass is 9.73. The fraction of sp³-hybridized carbons (Fsp3) is 1.00. The largest absolute Gasteiger partial charge is 0.357 e. The van der Waals surface area contributed by atoms with E-state index in [1.54, 1.807) is 0 Å². The second-order valence-electron chi connectivity index (χ2n) is 29.8. The topological polar surface area (TPSA) is 91.6 Å². The number of piperidine rings is 3. The molecule has 428 valence electrons. The van der Waals surface area contributed by atoms with Crippen LogP contribution in [0.5, 0.6) is 0 Å². The van der Waals surface area contributed by atoms with Crippen molar-refractivity contribution in [1.82, 2.24) is 46.2 Å². The van der Waals surface area contributed by atoms with E-state index < -0.39 is 0 Å². The van der Waals surface area contributed by atoms with Gasteiger partial charge in [-0.2, -0.15) is 0 Å². The number of hydrogen-bond donors (Lipinski definition) is 5. The molecule has 16 unspecified atom stereocenters. The molecule has 7 heterocycles. The zero-order valence-electron chi connectivity index (χ0n) is 48.0. The van der Waals surface area contributed by atoms with Crippen LogP contribution in [0.15, 0.2) is 0 Å². The van der Waals surface area contributed by atoms with Crippen molar-refractivity contribution < 1.29 is 9.47 Å². The van der Waals surface area contributed by atoms with Gasteiger partial charge in [0.1, 0.15) is 12.5 Å². The summed E-state index contributed by atoms with van der Waals surface area (Å²) >= 11 is 0. The maximum atomic E-state index is 7.08. The highest BCUT2D eigenvalue weighted by atomic mass is 16.5. The fourth-order valence-corrected chi connectivity index (χ4v) is 23.0.